The SMILES string of the molecule is Cc1ccccc1-n1ncc(C(=O)N(C)CCCC2CC(c3ccc(F)cc3)NN2)c1C. The summed E-state index contributed by atoms with van der Waals surface area (Å²) in [6.45, 7) is 4.65. The molecule has 3 aromatic rings. The largest absolute Gasteiger partial charge is 0.342 e. The van der Waals surface area contributed by atoms with Crippen LogP contribution >= 0.6 is 0 Å². The van der Waals surface area contributed by atoms with Gasteiger partial charge >= 0.3 is 0 Å². The normalized spacial score (nSPS) is 18.1. The molecule has 1 amide bonds. The van der Waals surface area contributed by atoms with Crippen LogP contribution in [0.2, 0.25) is 0 Å². The number of carbonyl (C=O) groups excluding carboxylic acids is 1. The average molecular weight is 436 g/mol. The number of hydrazine groups is 1. The zero-order chi connectivity index (χ0) is 22.7. The highest BCUT2D eigenvalue weighted by Crippen LogP contribution is 2.24. The van der Waals surface area contributed by atoms with Crippen molar-refractivity contribution in [1.29, 1.82) is 0 Å². The van der Waals surface area contributed by atoms with Crippen molar-refractivity contribution in [2.45, 2.75) is 45.2 Å². The molecule has 32 heavy (non-hydrogen) atoms. The maximum absolute atomic E-state index is 13.1. The van der Waals surface area contributed by atoms with Crippen molar-refractivity contribution in [3.63, 3.8) is 0 Å². The number of benzene rings is 2. The molecule has 1 fully saturated rings. The van der Waals surface area contributed by atoms with Crippen molar-refractivity contribution in [2.24, 2.45) is 0 Å². The molecule has 0 spiro atoms. The lowest BCUT2D eigenvalue weighted by molar-refractivity contribution is 0.0791. The molecule has 1 aliphatic rings. The van der Waals surface area contributed by atoms with E-state index in [0.29, 0.717) is 18.2 Å². The van der Waals surface area contributed by atoms with Gasteiger partial charge in [-0.3, -0.25) is 15.6 Å². The minimum atomic E-state index is -0.219. The second-order valence-corrected chi connectivity index (χ2v) is 8.54. The van der Waals surface area contributed by atoms with Gasteiger partial charge in [-0.1, -0.05) is 30.3 Å². The summed E-state index contributed by atoms with van der Waals surface area (Å²) in [6, 6.07) is 15.1. The van der Waals surface area contributed by atoms with Gasteiger partial charge in [0, 0.05) is 25.7 Å². The number of nitrogens with zero attached hydrogens (tertiary/aromatic N) is 3. The van der Waals surface area contributed by atoms with Gasteiger partial charge in [-0.05, 0) is 62.4 Å². The van der Waals surface area contributed by atoms with Gasteiger partial charge in [0.15, 0.2) is 0 Å². The predicted octanol–water partition coefficient (Wildman–Crippen LogP) is 4.09. The summed E-state index contributed by atoms with van der Waals surface area (Å²) in [5, 5.41) is 4.46. The summed E-state index contributed by atoms with van der Waals surface area (Å²) in [7, 11) is 1.84. The van der Waals surface area contributed by atoms with Gasteiger partial charge in [0.25, 0.3) is 5.91 Å². The van der Waals surface area contributed by atoms with Crippen molar-refractivity contribution in [1.82, 2.24) is 25.5 Å². The molecule has 1 aliphatic heterocycles. The number of hydrogen-bond donors (Lipinski definition) is 2. The molecule has 0 saturated carbocycles. The molecule has 2 N–H and O–H groups in total. The molecule has 0 radical (unpaired) electrons. The summed E-state index contributed by atoms with van der Waals surface area (Å²) >= 11 is 0. The lowest BCUT2D eigenvalue weighted by Crippen LogP contribution is -2.32. The Labute approximate surface area is 188 Å². The molecule has 1 aromatic heterocycles. The van der Waals surface area contributed by atoms with Crippen molar-refractivity contribution in [3.05, 3.63) is 82.9 Å². The van der Waals surface area contributed by atoms with E-state index in [1.807, 2.05) is 62.0 Å². The Morgan fingerprint density at radius 1 is 1.16 bits per heavy atom. The third-order valence-corrected chi connectivity index (χ3v) is 6.23. The first-order valence-corrected chi connectivity index (χ1v) is 11.1. The Kier molecular flexibility index (Phi) is 6.67. The van der Waals surface area contributed by atoms with Crippen LogP contribution in [0.15, 0.2) is 54.7 Å². The van der Waals surface area contributed by atoms with Crippen LogP contribution in [0.4, 0.5) is 4.39 Å². The smallest absolute Gasteiger partial charge is 0.257 e. The number of para-hydroxylation sites is 1. The van der Waals surface area contributed by atoms with Crippen LogP contribution in [0, 0.1) is 19.7 Å². The van der Waals surface area contributed by atoms with Gasteiger partial charge in [0.1, 0.15) is 5.82 Å². The summed E-state index contributed by atoms with van der Waals surface area (Å²) in [6.07, 6.45) is 4.44. The third-order valence-electron chi connectivity index (χ3n) is 6.23. The first kappa shape index (κ1) is 22.2. The minimum Gasteiger partial charge on any atom is -0.342 e. The second kappa shape index (κ2) is 9.63. The molecular weight excluding hydrogens is 405 g/mol. The van der Waals surface area contributed by atoms with Gasteiger partial charge in [0.2, 0.25) is 0 Å². The van der Waals surface area contributed by atoms with Crippen LogP contribution in [0.25, 0.3) is 5.69 Å². The highest BCUT2D eigenvalue weighted by atomic mass is 19.1. The van der Waals surface area contributed by atoms with Gasteiger partial charge < -0.3 is 4.90 Å². The maximum Gasteiger partial charge on any atom is 0.257 e. The molecular formula is C25H30FN5O. The standard InChI is InChI=1S/C25H30FN5O/c1-17-7-4-5-9-24(17)31-18(2)22(16-27-31)25(32)30(3)14-6-8-21-15-23(29-28-21)19-10-12-20(26)13-11-19/h4-5,7,9-13,16,21,23,28-29H,6,8,14-15H2,1-3H3. The first-order chi connectivity index (χ1) is 15.4. The van der Waals surface area contributed by atoms with Crippen molar-refractivity contribution < 1.29 is 9.18 Å². The van der Waals surface area contributed by atoms with E-state index in [1.54, 1.807) is 11.1 Å². The molecule has 168 valence electrons. The highest BCUT2D eigenvalue weighted by molar-refractivity contribution is 5.95. The van der Waals surface area contributed by atoms with Crippen LogP contribution < -0.4 is 10.9 Å². The van der Waals surface area contributed by atoms with Crippen molar-refractivity contribution in [3.8, 4) is 5.69 Å². The van der Waals surface area contributed by atoms with Crippen LogP contribution in [-0.4, -0.2) is 40.2 Å². The van der Waals surface area contributed by atoms with E-state index in [1.165, 1.54) is 12.1 Å². The Morgan fingerprint density at radius 2 is 1.91 bits per heavy atom. The number of carbonyl (C=O) groups is 1. The third kappa shape index (κ3) is 4.74. The lowest BCUT2D eigenvalue weighted by Gasteiger charge is -2.18. The van der Waals surface area contributed by atoms with Crippen molar-refractivity contribution >= 4 is 5.91 Å². The number of halogens is 1. The van der Waals surface area contributed by atoms with E-state index < -0.39 is 0 Å². The van der Waals surface area contributed by atoms with E-state index in [0.717, 1.165) is 41.8 Å². The van der Waals surface area contributed by atoms with E-state index in [9.17, 15) is 9.18 Å². The van der Waals surface area contributed by atoms with Gasteiger partial charge in [-0.15, -0.1) is 0 Å². The van der Waals surface area contributed by atoms with E-state index in [4.69, 9.17) is 0 Å². The molecule has 6 nitrogen and oxygen atoms in total. The van der Waals surface area contributed by atoms with Gasteiger partial charge in [-0.2, -0.15) is 5.10 Å². The zero-order valence-corrected chi connectivity index (χ0v) is 18.8. The number of hydrogen-bond acceptors (Lipinski definition) is 4. The fourth-order valence-corrected chi connectivity index (χ4v) is 4.27. The van der Waals surface area contributed by atoms with Crippen molar-refractivity contribution in [2.75, 3.05) is 13.6 Å². The number of aryl methyl sites for hydroxylation is 1. The lowest BCUT2D eigenvalue weighted by atomic mass is 9.99. The molecule has 2 unspecified atom stereocenters. The van der Waals surface area contributed by atoms with E-state index >= 15 is 0 Å². The molecule has 1 saturated heterocycles. The summed E-state index contributed by atoms with van der Waals surface area (Å²) in [4.78, 5) is 14.8. The van der Waals surface area contributed by atoms with Crippen LogP contribution in [-0.2, 0) is 0 Å². The van der Waals surface area contributed by atoms with Crippen LogP contribution in [0.3, 0.4) is 0 Å². The predicted molar refractivity (Wildman–Crippen MR) is 123 cm³/mol. The summed E-state index contributed by atoms with van der Waals surface area (Å²) in [5.41, 5.74) is 11.3. The molecule has 0 bridgehead atoms. The average Bonchev–Trinajstić information content (AvgIpc) is 3.41. The number of aromatic nitrogens is 2. The number of amides is 1. The second-order valence-electron chi connectivity index (χ2n) is 8.54. The Hall–Kier alpha value is -3.03. The fourth-order valence-electron chi connectivity index (χ4n) is 4.27. The minimum absolute atomic E-state index is 0.0102. The quantitative estimate of drug-likeness (QED) is 0.587. The number of nitrogens with one attached hydrogen (secondary N) is 2. The van der Waals surface area contributed by atoms with Crippen LogP contribution in [0.5, 0.6) is 0 Å². The molecule has 2 aromatic carbocycles. The molecule has 7 heteroatoms. The zero-order valence-electron chi connectivity index (χ0n) is 18.8. The molecule has 2 heterocycles. The topological polar surface area (TPSA) is 62.2 Å². The van der Waals surface area contributed by atoms with Gasteiger partial charge in [-0.25, -0.2) is 9.07 Å². The van der Waals surface area contributed by atoms with Crippen LogP contribution in [0.1, 0.15) is 52.5 Å². The fraction of sp³-hybridized carbons (Fsp3) is 0.360. The van der Waals surface area contributed by atoms with Gasteiger partial charge in [0.05, 0.1) is 23.1 Å². The molecule has 0 aliphatic carbocycles. The Balaban J connectivity index is 1.29. The highest BCUT2D eigenvalue weighted by Gasteiger charge is 2.25. The van der Waals surface area contributed by atoms with E-state index in [-0.39, 0.29) is 17.8 Å². The summed E-state index contributed by atoms with van der Waals surface area (Å²) < 4.78 is 15.0. The summed E-state index contributed by atoms with van der Waals surface area (Å²) in [5.74, 6) is -0.229. The Bertz CT molecular complexity index is 1080. The first-order valence-electron chi connectivity index (χ1n) is 11.1. The Morgan fingerprint density at radius 3 is 2.66 bits per heavy atom. The monoisotopic (exact) mass is 435 g/mol. The molecule has 2 atom stereocenters. The number of rotatable bonds is 7. The molecule has 4 rings (SSSR count). The van der Waals surface area contributed by atoms with E-state index in [2.05, 4.69) is 16.0 Å². The maximum atomic E-state index is 13.1.